The van der Waals surface area contributed by atoms with Crippen molar-refractivity contribution in [2.24, 2.45) is 0 Å². The second kappa shape index (κ2) is 3.32. The summed E-state index contributed by atoms with van der Waals surface area (Å²) in [6.07, 6.45) is 0. The fraction of sp³-hybridized carbons (Fsp3) is 0.364. The fourth-order valence-electron chi connectivity index (χ4n) is 1.86. The van der Waals surface area contributed by atoms with Gasteiger partial charge in [0.1, 0.15) is 5.84 Å². The first kappa shape index (κ1) is 10.1. The molecular weight excluding hydrogens is 192 g/mol. The molecule has 1 aromatic rings. The summed E-state index contributed by atoms with van der Waals surface area (Å²) in [6.45, 7) is 1.99. The van der Waals surface area contributed by atoms with Crippen LogP contribution in [0.4, 0.5) is 0 Å². The predicted octanol–water partition coefficient (Wildman–Crippen LogP) is 1.33. The van der Waals surface area contributed by atoms with Gasteiger partial charge in [-0.15, -0.1) is 0 Å². The maximum atomic E-state index is 7.82. The molecule has 0 atom stereocenters. The van der Waals surface area contributed by atoms with E-state index in [-0.39, 0.29) is 0 Å². The Balaban J connectivity index is 2.60. The number of ether oxygens (including phenoxy) is 2. The molecule has 0 radical (unpaired) electrons. The molecule has 1 aromatic carbocycles. The van der Waals surface area contributed by atoms with Crippen LogP contribution in [0.3, 0.4) is 0 Å². The molecule has 2 N–H and O–H groups in total. The molecule has 1 aliphatic rings. The summed E-state index contributed by atoms with van der Waals surface area (Å²) in [7, 11) is 3.11. The topological polar surface area (TPSA) is 54.3 Å². The van der Waals surface area contributed by atoms with Crippen molar-refractivity contribution in [3.05, 3.63) is 34.9 Å². The van der Waals surface area contributed by atoms with E-state index in [1.165, 1.54) is 0 Å². The van der Waals surface area contributed by atoms with Crippen LogP contribution in [0.15, 0.2) is 18.2 Å². The van der Waals surface area contributed by atoms with Gasteiger partial charge in [0, 0.05) is 25.3 Å². The van der Waals surface area contributed by atoms with Gasteiger partial charge in [0.15, 0.2) is 0 Å². The van der Waals surface area contributed by atoms with Crippen molar-refractivity contribution in [1.82, 2.24) is 5.32 Å². The molecule has 0 saturated heterocycles. The maximum absolute atomic E-state index is 7.82. The van der Waals surface area contributed by atoms with Crippen molar-refractivity contribution in [2.45, 2.75) is 12.8 Å². The van der Waals surface area contributed by atoms with Crippen molar-refractivity contribution in [1.29, 1.82) is 5.41 Å². The molecule has 0 amide bonds. The van der Waals surface area contributed by atoms with Gasteiger partial charge < -0.3 is 14.8 Å². The highest BCUT2D eigenvalue weighted by Gasteiger charge is 2.42. The highest BCUT2D eigenvalue weighted by molar-refractivity contribution is 6.01. The Labute approximate surface area is 88.7 Å². The zero-order valence-electron chi connectivity index (χ0n) is 9.05. The minimum atomic E-state index is -1.000. The van der Waals surface area contributed by atoms with Gasteiger partial charge in [-0.3, -0.25) is 5.41 Å². The molecule has 80 valence electrons. The number of fused-ring (bicyclic) bond motifs is 1. The quantitative estimate of drug-likeness (QED) is 0.718. The van der Waals surface area contributed by atoms with Crippen LogP contribution in [0.25, 0.3) is 0 Å². The standard InChI is InChI=1S/C11H14N2O2/c1-7-4-5-9-8(6-7)10(12)13-11(9,14-2)15-3/h4-6H,1-3H3,(H2,12,13). The Bertz CT molecular complexity index is 411. The molecule has 15 heavy (non-hydrogen) atoms. The molecule has 0 aromatic heterocycles. The van der Waals surface area contributed by atoms with Crippen LogP contribution in [0.5, 0.6) is 0 Å². The minimum absolute atomic E-state index is 0.331. The Morgan fingerprint density at radius 1 is 1.27 bits per heavy atom. The zero-order chi connectivity index (χ0) is 11.1. The summed E-state index contributed by atoms with van der Waals surface area (Å²) in [5.74, 6) is -0.669. The molecule has 4 nitrogen and oxygen atoms in total. The first-order chi connectivity index (χ1) is 7.13. The van der Waals surface area contributed by atoms with E-state index in [9.17, 15) is 0 Å². The number of amidine groups is 1. The van der Waals surface area contributed by atoms with Gasteiger partial charge in [-0.1, -0.05) is 17.7 Å². The van der Waals surface area contributed by atoms with E-state index in [0.29, 0.717) is 5.84 Å². The van der Waals surface area contributed by atoms with E-state index in [1.807, 2.05) is 25.1 Å². The van der Waals surface area contributed by atoms with Crippen LogP contribution in [0.2, 0.25) is 0 Å². The fourth-order valence-corrected chi connectivity index (χ4v) is 1.86. The average molecular weight is 206 g/mol. The smallest absolute Gasteiger partial charge is 0.279 e. The molecule has 0 fully saturated rings. The predicted molar refractivity (Wildman–Crippen MR) is 56.8 cm³/mol. The van der Waals surface area contributed by atoms with E-state index in [2.05, 4.69) is 5.32 Å². The van der Waals surface area contributed by atoms with Gasteiger partial charge in [0.05, 0.1) is 0 Å². The Hall–Kier alpha value is -1.39. The van der Waals surface area contributed by atoms with E-state index in [0.717, 1.165) is 16.7 Å². The molecule has 0 saturated carbocycles. The van der Waals surface area contributed by atoms with Crippen molar-refractivity contribution < 1.29 is 9.47 Å². The highest BCUT2D eigenvalue weighted by Crippen LogP contribution is 2.32. The summed E-state index contributed by atoms with van der Waals surface area (Å²) in [6, 6.07) is 5.85. The molecule has 0 unspecified atom stereocenters. The summed E-state index contributed by atoms with van der Waals surface area (Å²) < 4.78 is 10.6. The van der Waals surface area contributed by atoms with Gasteiger partial charge in [-0.2, -0.15) is 0 Å². The van der Waals surface area contributed by atoms with Gasteiger partial charge in [-0.05, 0) is 13.0 Å². The molecule has 0 bridgehead atoms. The Morgan fingerprint density at radius 2 is 1.93 bits per heavy atom. The number of methoxy groups -OCH3 is 2. The van der Waals surface area contributed by atoms with Crippen molar-refractivity contribution >= 4 is 5.84 Å². The van der Waals surface area contributed by atoms with Gasteiger partial charge in [-0.25, -0.2) is 0 Å². The lowest BCUT2D eigenvalue weighted by Gasteiger charge is -2.26. The first-order valence-electron chi connectivity index (χ1n) is 4.71. The van der Waals surface area contributed by atoms with Crippen molar-refractivity contribution in [3.8, 4) is 0 Å². The van der Waals surface area contributed by atoms with Crippen LogP contribution >= 0.6 is 0 Å². The van der Waals surface area contributed by atoms with Crippen molar-refractivity contribution in [3.63, 3.8) is 0 Å². The number of benzene rings is 1. The number of aryl methyl sites for hydroxylation is 1. The number of nitrogens with one attached hydrogen (secondary N) is 2. The monoisotopic (exact) mass is 206 g/mol. The van der Waals surface area contributed by atoms with E-state index in [4.69, 9.17) is 14.9 Å². The second-order valence-corrected chi connectivity index (χ2v) is 3.57. The SMILES string of the molecule is COC1(OC)NC(=N)c2cc(C)ccc21. The van der Waals surface area contributed by atoms with Crippen LogP contribution in [0.1, 0.15) is 16.7 Å². The lowest BCUT2D eigenvalue weighted by Crippen LogP contribution is -2.42. The summed E-state index contributed by atoms with van der Waals surface area (Å²) in [5, 5.41) is 10.7. The van der Waals surface area contributed by atoms with Crippen LogP contribution in [0, 0.1) is 12.3 Å². The lowest BCUT2D eigenvalue weighted by molar-refractivity contribution is -0.223. The molecule has 1 aliphatic heterocycles. The highest BCUT2D eigenvalue weighted by atomic mass is 16.7. The zero-order valence-corrected chi connectivity index (χ0v) is 9.05. The van der Waals surface area contributed by atoms with Crippen LogP contribution in [-0.4, -0.2) is 20.1 Å². The van der Waals surface area contributed by atoms with E-state index in [1.54, 1.807) is 14.2 Å². The second-order valence-electron chi connectivity index (χ2n) is 3.57. The van der Waals surface area contributed by atoms with Gasteiger partial charge in [0.25, 0.3) is 5.91 Å². The molecule has 4 heteroatoms. The molecule has 0 aliphatic carbocycles. The minimum Gasteiger partial charge on any atom is -0.332 e. The number of hydrogen-bond acceptors (Lipinski definition) is 3. The summed E-state index contributed by atoms with van der Waals surface area (Å²) >= 11 is 0. The Kier molecular flexibility index (Phi) is 2.25. The molecule has 1 heterocycles. The van der Waals surface area contributed by atoms with E-state index >= 15 is 0 Å². The summed E-state index contributed by atoms with van der Waals surface area (Å²) in [4.78, 5) is 0. The molecular formula is C11H14N2O2. The Morgan fingerprint density at radius 3 is 2.53 bits per heavy atom. The number of rotatable bonds is 2. The largest absolute Gasteiger partial charge is 0.332 e. The third kappa shape index (κ3) is 1.33. The number of hydrogen-bond donors (Lipinski definition) is 2. The lowest BCUT2D eigenvalue weighted by atomic mass is 10.0. The summed E-state index contributed by atoms with van der Waals surface area (Å²) in [5.41, 5.74) is 2.80. The average Bonchev–Trinajstić information content (AvgIpc) is 2.52. The first-order valence-corrected chi connectivity index (χ1v) is 4.71. The van der Waals surface area contributed by atoms with E-state index < -0.39 is 5.91 Å². The molecule has 0 spiro atoms. The third-order valence-electron chi connectivity index (χ3n) is 2.66. The third-order valence-corrected chi connectivity index (χ3v) is 2.66. The molecule has 2 rings (SSSR count). The van der Waals surface area contributed by atoms with Crippen LogP contribution < -0.4 is 5.32 Å². The van der Waals surface area contributed by atoms with Crippen molar-refractivity contribution in [2.75, 3.05) is 14.2 Å². The maximum Gasteiger partial charge on any atom is 0.279 e. The van der Waals surface area contributed by atoms with Gasteiger partial charge in [0.2, 0.25) is 0 Å². The normalized spacial score (nSPS) is 17.4. The van der Waals surface area contributed by atoms with Crippen LogP contribution in [-0.2, 0) is 15.4 Å². The van der Waals surface area contributed by atoms with Gasteiger partial charge >= 0.3 is 0 Å².